The fourth-order valence-electron chi connectivity index (χ4n) is 1.51. The summed E-state index contributed by atoms with van der Waals surface area (Å²) < 4.78 is 0. The van der Waals surface area contributed by atoms with Gasteiger partial charge in [0.15, 0.2) is 0 Å². The Morgan fingerprint density at radius 1 is 1.45 bits per heavy atom. The predicted molar refractivity (Wildman–Crippen MR) is 46.6 cm³/mol. The topological polar surface area (TPSA) is 23.5 Å². The predicted octanol–water partition coefficient (Wildman–Crippen LogP) is 1.24. The van der Waals surface area contributed by atoms with E-state index in [1.165, 1.54) is 19.4 Å². The van der Waals surface area contributed by atoms with Gasteiger partial charge in [0.2, 0.25) is 0 Å². The van der Waals surface area contributed by atoms with Crippen LogP contribution in [0.15, 0.2) is 0 Å². The van der Waals surface area contributed by atoms with E-state index in [-0.39, 0.29) is 6.10 Å². The summed E-state index contributed by atoms with van der Waals surface area (Å²) in [7, 11) is 2.16. The molecule has 0 aliphatic heterocycles. The first-order valence-corrected chi connectivity index (χ1v) is 4.62. The van der Waals surface area contributed by atoms with Crippen LogP contribution < -0.4 is 0 Å². The van der Waals surface area contributed by atoms with Crippen LogP contribution >= 0.6 is 0 Å². The average Bonchev–Trinajstić information content (AvgIpc) is 1.94. The molecule has 0 bridgehead atoms. The molecular formula is C9H19NO. The lowest BCUT2D eigenvalue weighted by Gasteiger charge is -2.38. The van der Waals surface area contributed by atoms with Gasteiger partial charge in [-0.2, -0.15) is 0 Å². The zero-order chi connectivity index (χ0) is 8.27. The minimum absolute atomic E-state index is 0.0101. The summed E-state index contributed by atoms with van der Waals surface area (Å²) in [5, 5.41) is 9.07. The Hall–Kier alpha value is -0.0800. The minimum Gasteiger partial charge on any atom is -0.393 e. The number of rotatable bonds is 4. The van der Waals surface area contributed by atoms with Gasteiger partial charge in [0.05, 0.1) is 6.10 Å². The second-order valence-electron chi connectivity index (χ2n) is 3.61. The maximum atomic E-state index is 9.07. The highest BCUT2D eigenvalue weighted by Gasteiger charge is 2.29. The quantitative estimate of drug-likeness (QED) is 0.663. The summed E-state index contributed by atoms with van der Waals surface area (Å²) >= 11 is 0. The molecule has 1 aliphatic carbocycles. The third-order valence-corrected chi connectivity index (χ3v) is 2.58. The van der Waals surface area contributed by atoms with E-state index in [9.17, 15) is 0 Å². The van der Waals surface area contributed by atoms with Gasteiger partial charge in [0.1, 0.15) is 0 Å². The molecule has 1 aliphatic rings. The van der Waals surface area contributed by atoms with E-state index in [1.54, 1.807) is 0 Å². The molecule has 0 spiro atoms. The van der Waals surface area contributed by atoms with E-state index in [0.717, 1.165) is 12.8 Å². The second kappa shape index (κ2) is 4.07. The molecule has 1 N–H and O–H groups in total. The molecule has 2 heteroatoms. The van der Waals surface area contributed by atoms with Crippen LogP contribution in [-0.4, -0.2) is 35.7 Å². The van der Waals surface area contributed by atoms with Crippen molar-refractivity contribution in [3.05, 3.63) is 0 Å². The highest BCUT2D eigenvalue weighted by atomic mass is 16.3. The Morgan fingerprint density at radius 2 is 2.09 bits per heavy atom. The molecule has 0 atom stereocenters. The van der Waals surface area contributed by atoms with Crippen LogP contribution in [-0.2, 0) is 0 Å². The zero-order valence-corrected chi connectivity index (χ0v) is 7.58. The molecule has 1 fully saturated rings. The van der Waals surface area contributed by atoms with Gasteiger partial charge < -0.3 is 10.0 Å². The van der Waals surface area contributed by atoms with Crippen LogP contribution in [0.2, 0.25) is 0 Å². The molecule has 0 aromatic heterocycles. The number of hydrogen-bond acceptors (Lipinski definition) is 2. The van der Waals surface area contributed by atoms with Crippen molar-refractivity contribution in [3.8, 4) is 0 Å². The zero-order valence-electron chi connectivity index (χ0n) is 7.58. The lowest BCUT2D eigenvalue weighted by atomic mass is 9.88. The average molecular weight is 157 g/mol. The van der Waals surface area contributed by atoms with Crippen molar-refractivity contribution in [2.45, 2.75) is 44.8 Å². The van der Waals surface area contributed by atoms with Gasteiger partial charge in [-0.1, -0.05) is 13.3 Å². The lowest BCUT2D eigenvalue weighted by Crippen LogP contribution is -2.45. The third kappa shape index (κ3) is 2.46. The number of aliphatic hydroxyl groups excluding tert-OH is 1. The van der Waals surface area contributed by atoms with Crippen molar-refractivity contribution < 1.29 is 5.11 Å². The van der Waals surface area contributed by atoms with Crippen molar-refractivity contribution in [2.24, 2.45) is 0 Å². The van der Waals surface area contributed by atoms with Gasteiger partial charge in [-0.05, 0) is 32.9 Å². The van der Waals surface area contributed by atoms with E-state index >= 15 is 0 Å². The highest BCUT2D eigenvalue weighted by molar-refractivity contribution is 4.85. The van der Waals surface area contributed by atoms with Crippen LogP contribution in [0.3, 0.4) is 0 Å². The van der Waals surface area contributed by atoms with Crippen molar-refractivity contribution in [1.29, 1.82) is 0 Å². The smallest absolute Gasteiger partial charge is 0.0570 e. The molecule has 0 amide bonds. The molecule has 0 heterocycles. The van der Waals surface area contributed by atoms with Crippen molar-refractivity contribution >= 4 is 0 Å². The molecule has 0 radical (unpaired) electrons. The molecule has 66 valence electrons. The number of nitrogens with zero attached hydrogens (tertiary/aromatic N) is 1. The number of hydrogen-bond donors (Lipinski definition) is 1. The van der Waals surface area contributed by atoms with Crippen LogP contribution in [0.1, 0.15) is 32.6 Å². The first-order valence-electron chi connectivity index (χ1n) is 4.62. The van der Waals surface area contributed by atoms with E-state index in [0.29, 0.717) is 6.04 Å². The monoisotopic (exact) mass is 157 g/mol. The summed E-state index contributed by atoms with van der Waals surface area (Å²) in [5.74, 6) is 0. The number of unbranched alkanes of at least 4 members (excludes halogenated alkanes) is 1. The van der Waals surface area contributed by atoms with Crippen LogP contribution in [0.5, 0.6) is 0 Å². The fourth-order valence-corrected chi connectivity index (χ4v) is 1.51. The normalized spacial score (nSPS) is 30.5. The summed E-state index contributed by atoms with van der Waals surface area (Å²) in [6, 6.07) is 0.663. The van der Waals surface area contributed by atoms with Crippen molar-refractivity contribution in [2.75, 3.05) is 13.6 Å². The van der Waals surface area contributed by atoms with Gasteiger partial charge in [-0.15, -0.1) is 0 Å². The van der Waals surface area contributed by atoms with E-state index in [2.05, 4.69) is 18.9 Å². The fraction of sp³-hybridized carbons (Fsp3) is 1.00. The standard InChI is InChI=1S/C9H19NO/c1-3-4-5-10(2)8-6-9(11)7-8/h8-9,11H,3-7H2,1-2H3. The summed E-state index contributed by atoms with van der Waals surface area (Å²) in [5.41, 5.74) is 0. The first kappa shape index (κ1) is 9.01. The van der Waals surface area contributed by atoms with Crippen LogP contribution in [0.25, 0.3) is 0 Å². The van der Waals surface area contributed by atoms with Crippen molar-refractivity contribution in [3.63, 3.8) is 0 Å². The molecule has 11 heavy (non-hydrogen) atoms. The molecule has 0 aromatic rings. The van der Waals surface area contributed by atoms with Gasteiger partial charge in [0.25, 0.3) is 0 Å². The molecule has 2 nitrogen and oxygen atoms in total. The van der Waals surface area contributed by atoms with Gasteiger partial charge in [-0.25, -0.2) is 0 Å². The van der Waals surface area contributed by atoms with Crippen molar-refractivity contribution in [1.82, 2.24) is 4.90 Å². The number of aliphatic hydroxyl groups is 1. The lowest BCUT2D eigenvalue weighted by molar-refractivity contribution is 0.0119. The van der Waals surface area contributed by atoms with Gasteiger partial charge in [-0.3, -0.25) is 0 Å². The third-order valence-electron chi connectivity index (χ3n) is 2.58. The van der Waals surface area contributed by atoms with Crippen LogP contribution in [0, 0.1) is 0 Å². The van der Waals surface area contributed by atoms with E-state index < -0.39 is 0 Å². The molecule has 1 rings (SSSR count). The largest absolute Gasteiger partial charge is 0.393 e. The maximum Gasteiger partial charge on any atom is 0.0570 e. The molecule has 0 saturated heterocycles. The maximum absolute atomic E-state index is 9.07. The van der Waals surface area contributed by atoms with E-state index in [1.807, 2.05) is 0 Å². The van der Waals surface area contributed by atoms with E-state index in [4.69, 9.17) is 5.11 Å². The second-order valence-corrected chi connectivity index (χ2v) is 3.61. The molecule has 0 unspecified atom stereocenters. The molecule has 0 aromatic carbocycles. The first-order chi connectivity index (χ1) is 5.24. The van der Waals surface area contributed by atoms with Crippen LogP contribution in [0.4, 0.5) is 0 Å². The summed E-state index contributed by atoms with van der Waals surface area (Å²) in [6.07, 6.45) is 4.51. The Labute approximate surface area is 69.2 Å². The molecule has 1 saturated carbocycles. The summed E-state index contributed by atoms with van der Waals surface area (Å²) in [6.45, 7) is 3.40. The summed E-state index contributed by atoms with van der Waals surface area (Å²) in [4.78, 5) is 2.37. The highest BCUT2D eigenvalue weighted by Crippen LogP contribution is 2.24. The Kier molecular flexibility index (Phi) is 3.34. The van der Waals surface area contributed by atoms with Gasteiger partial charge >= 0.3 is 0 Å². The minimum atomic E-state index is -0.0101. The Balaban J connectivity index is 2.06. The molecular weight excluding hydrogens is 138 g/mol. The Bertz CT molecular complexity index is 110. The van der Waals surface area contributed by atoms with Gasteiger partial charge in [0, 0.05) is 6.04 Å². The Morgan fingerprint density at radius 3 is 2.55 bits per heavy atom. The SMILES string of the molecule is CCCCN(C)C1CC(O)C1.